The molecule has 2 aromatic heterocycles. The van der Waals surface area contributed by atoms with E-state index in [1.54, 1.807) is 0 Å². The van der Waals surface area contributed by atoms with E-state index in [1.807, 2.05) is 6.07 Å². The van der Waals surface area contributed by atoms with Crippen molar-refractivity contribution in [2.45, 2.75) is 39.5 Å². The van der Waals surface area contributed by atoms with Crippen molar-refractivity contribution in [1.82, 2.24) is 14.5 Å². The Morgan fingerprint density at radius 3 is 2.22 bits per heavy atom. The third-order valence-electron chi connectivity index (χ3n) is 4.83. The molecular formula is C18H19N3O2. The molecule has 0 aliphatic heterocycles. The van der Waals surface area contributed by atoms with Gasteiger partial charge in [-0.1, -0.05) is 0 Å². The Morgan fingerprint density at radius 1 is 0.913 bits per heavy atom. The van der Waals surface area contributed by atoms with Gasteiger partial charge in [-0.25, -0.2) is 0 Å². The highest BCUT2D eigenvalue weighted by Gasteiger charge is 2.20. The third-order valence-corrected chi connectivity index (χ3v) is 4.83. The Labute approximate surface area is 133 Å². The van der Waals surface area contributed by atoms with Crippen LogP contribution in [-0.2, 0) is 12.8 Å². The van der Waals surface area contributed by atoms with Gasteiger partial charge in [0.25, 0.3) is 0 Å². The minimum atomic E-state index is -0.597. The Bertz CT molecular complexity index is 1020. The third kappa shape index (κ3) is 2.07. The first-order chi connectivity index (χ1) is 11.1. The van der Waals surface area contributed by atoms with Crippen LogP contribution in [0, 0.1) is 13.8 Å². The zero-order valence-electron chi connectivity index (χ0n) is 13.3. The number of hydrogen-bond donors (Lipinski definition) is 2. The van der Waals surface area contributed by atoms with Gasteiger partial charge in [0.2, 0.25) is 0 Å². The summed E-state index contributed by atoms with van der Waals surface area (Å²) in [5, 5.41) is 0. The van der Waals surface area contributed by atoms with Gasteiger partial charge in [-0.2, -0.15) is 0 Å². The molecule has 2 heterocycles. The van der Waals surface area contributed by atoms with Gasteiger partial charge in [0.05, 0.1) is 16.7 Å². The Hall–Kier alpha value is -2.56. The van der Waals surface area contributed by atoms with Crippen LogP contribution in [0.5, 0.6) is 0 Å². The second kappa shape index (κ2) is 4.98. The lowest BCUT2D eigenvalue weighted by Gasteiger charge is -2.23. The number of fused-ring (bicyclic) bond motifs is 3. The van der Waals surface area contributed by atoms with Gasteiger partial charge in [0.1, 0.15) is 0 Å². The van der Waals surface area contributed by atoms with Crippen molar-refractivity contribution < 1.29 is 0 Å². The van der Waals surface area contributed by atoms with Crippen molar-refractivity contribution in [2.24, 2.45) is 0 Å². The summed E-state index contributed by atoms with van der Waals surface area (Å²) in [6, 6.07) is 6.20. The van der Waals surface area contributed by atoms with Gasteiger partial charge in [-0.05, 0) is 68.9 Å². The topological polar surface area (TPSA) is 70.7 Å². The summed E-state index contributed by atoms with van der Waals surface area (Å²) in [6.45, 7) is 4.17. The first-order valence-corrected chi connectivity index (χ1v) is 8.02. The largest absolute Gasteiger partial charge is 0.318 e. The van der Waals surface area contributed by atoms with Crippen LogP contribution in [-0.4, -0.2) is 14.5 Å². The van der Waals surface area contributed by atoms with Crippen LogP contribution < -0.4 is 11.1 Å². The van der Waals surface area contributed by atoms with E-state index in [9.17, 15) is 9.59 Å². The second-order valence-corrected chi connectivity index (χ2v) is 6.34. The molecule has 5 heteroatoms. The molecule has 0 radical (unpaired) electrons. The number of aromatic nitrogens is 3. The zero-order chi connectivity index (χ0) is 16.1. The summed E-state index contributed by atoms with van der Waals surface area (Å²) in [7, 11) is 0. The van der Waals surface area contributed by atoms with Crippen molar-refractivity contribution in [1.29, 1.82) is 0 Å². The van der Waals surface area contributed by atoms with E-state index in [4.69, 9.17) is 0 Å². The molecule has 0 saturated heterocycles. The molecule has 2 N–H and O–H groups in total. The lowest BCUT2D eigenvalue weighted by molar-refractivity contribution is 0.682. The SMILES string of the molecule is Cc1ccc(C)n1-c1cc2[nH]c(=O)c(=O)[nH]c2c2c1CCCC2. The lowest BCUT2D eigenvalue weighted by atomic mass is 9.89. The molecule has 4 rings (SSSR count). The number of benzene rings is 1. The highest BCUT2D eigenvalue weighted by atomic mass is 16.2. The first kappa shape index (κ1) is 14.1. The zero-order valence-corrected chi connectivity index (χ0v) is 13.3. The van der Waals surface area contributed by atoms with Crippen LogP contribution in [0.25, 0.3) is 16.7 Å². The van der Waals surface area contributed by atoms with E-state index in [0.717, 1.165) is 36.9 Å². The fourth-order valence-electron chi connectivity index (χ4n) is 3.76. The summed E-state index contributed by atoms with van der Waals surface area (Å²) in [6.07, 6.45) is 4.19. The predicted molar refractivity (Wildman–Crippen MR) is 90.6 cm³/mol. The standard InChI is InChI=1S/C18H19N3O2/c1-10-7-8-11(2)21(10)15-9-14-16(20-18(23)17(22)19-14)13-6-4-3-5-12(13)15/h7-9H,3-6H2,1-2H3,(H,19,22)(H,20,23). The molecule has 0 amide bonds. The molecule has 0 saturated carbocycles. The molecule has 0 spiro atoms. The fraction of sp³-hybridized carbons (Fsp3) is 0.333. The van der Waals surface area contributed by atoms with Crippen LogP contribution in [0.15, 0.2) is 27.8 Å². The Balaban J connectivity index is 2.15. The van der Waals surface area contributed by atoms with E-state index >= 15 is 0 Å². The van der Waals surface area contributed by atoms with Gasteiger partial charge in [0.15, 0.2) is 0 Å². The quantitative estimate of drug-likeness (QED) is 0.678. The van der Waals surface area contributed by atoms with Crippen LogP contribution in [0.2, 0.25) is 0 Å². The minimum absolute atomic E-state index is 0.577. The molecule has 0 bridgehead atoms. The summed E-state index contributed by atoms with van der Waals surface area (Å²) in [5.74, 6) is 0. The smallest absolute Gasteiger partial charge is 0.314 e. The fourth-order valence-corrected chi connectivity index (χ4v) is 3.76. The molecule has 5 nitrogen and oxygen atoms in total. The summed E-state index contributed by atoms with van der Waals surface area (Å²) in [5.41, 5.74) is 6.23. The van der Waals surface area contributed by atoms with Gasteiger partial charge >= 0.3 is 11.1 Å². The predicted octanol–water partition coefficient (Wildman–Crippen LogP) is 2.50. The van der Waals surface area contributed by atoms with E-state index in [2.05, 4.69) is 40.5 Å². The molecular weight excluding hydrogens is 290 g/mol. The van der Waals surface area contributed by atoms with Crippen molar-refractivity contribution in [2.75, 3.05) is 0 Å². The number of H-pyrrole nitrogens is 2. The maximum atomic E-state index is 11.7. The number of hydrogen-bond acceptors (Lipinski definition) is 2. The Morgan fingerprint density at radius 2 is 1.52 bits per heavy atom. The average molecular weight is 309 g/mol. The molecule has 23 heavy (non-hydrogen) atoms. The van der Waals surface area contributed by atoms with E-state index in [-0.39, 0.29) is 0 Å². The summed E-state index contributed by atoms with van der Waals surface area (Å²) in [4.78, 5) is 29.0. The van der Waals surface area contributed by atoms with Crippen LogP contribution in [0.4, 0.5) is 0 Å². The molecule has 0 unspecified atom stereocenters. The van der Waals surface area contributed by atoms with E-state index in [0.29, 0.717) is 5.52 Å². The normalized spacial score (nSPS) is 14.2. The molecule has 3 aromatic rings. The molecule has 0 fully saturated rings. The molecule has 1 aliphatic carbocycles. The molecule has 118 valence electrons. The number of aromatic amines is 2. The first-order valence-electron chi connectivity index (χ1n) is 8.02. The van der Waals surface area contributed by atoms with Crippen molar-refractivity contribution >= 4 is 11.0 Å². The van der Waals surface area contributed by atoms with E-state index < -0.39 is 11.1 Å². The summed E-state index contributed by atoms with van der Waals surface area (Å²) >= 11 is 0. The van der Waals surface area contributed by atoms with Crippen LogP contribution in [0.3, 0.4) is 0 Å². The van der Waals surface area contributed by atoms with Gasteiger partial charge in [0, 0.05) is 11.4 Å². The minimum Gasteiger partial charge on any atom is -0.318 e. The number of rotatable bonds is 1. The van der Waals surface area contributed by atoms with Gasteiger partial charge < -0.3 is 14.5 Å². The summed E-state index contributed by atoms with van der Waals surface area (Å²) < 4.78 is 2.23. The van der Waals surface area contributed by atoms with E-state index in [1.165, 1.54) is 22.5 Å². The number of aryl methyl sites for hydroxylation is 3. The maximum Gasteiger partial charge on any atom is 0.314 e. The highest BCUT2D eigenvalue weighted by Crippen LogP contribution is 2.33. The monoisotopic (exact) mass is 309 g/mol. The highest BCUT2D eigenvalue weighted by molar-refractivity contribution is 5.83. The molecule has 1 aromatic carbocycles. The van der Waals surface area contributed by atoms with Crippen molar-refractivity contribution in [3.8, 4) is 5.69 Å². The second-order valence-electron chi connectivity index (χ2n) is 6.34. The maximum absolute atomic E-state index is 11.7. The average Bonchev–Trinajstić information content (AvgIpc) is 2.87. The molecule has 1 aliphatic rings. The Kier molecular flexibility index (Phi) is 3.04. The van der Waals surface area contributed by atoms with Crippen molar-refractivity contribution in [3.05, 3.63) is 61.4 Å². The van der Waals surface area contributed by atoms with Gasteiger partial charge in [-0.3, -0.25) is 9.59 Å². The van der Waals surface area contributed by atoms with Crippen molar-refractivity contribution in [3.63, 3.8) is 0 Å². The lowest BCUT2D eigenvalue weighted by Crippen LogP contribution is -2.29. The number of nitrogens with zero attached hydrogens (tertiary/aromatic N) is 1. The number of nitrogens with one attached hydrogen (secondary N) is 2. The molecule has 0 atom stereocenters. The van der Waals surface area contributed by atoms with Crippen LogP contribution >= 0.6 is 0 Å². The van der Waals surface area contributed by atoms with Gasteiger partial charge in [-0.15, -0.1) is 0 Å². The van der Waals surface area contributed by atoms with Crippen LogP contribution in [0.1, 0.15) is 35.4 Å².